The van der Waals surface area contributed by atoms with Gasteiger partial charge in [0.25, 0.3) is 0 Å². The molecule has 1 saturated heterocycles. The molecular weight excluding hydrogens is 394 g/mol. The molecule has 0 bridgehead atoms. The Bertz CT molecular complexity index is 962. The smallest absolute Gasteiger partial charge is 0.234 e. The average Bonchev–Trinajstić information content (AvgIpc) is 3.28. The van der Waals surface area contributed by atoms with E-state index in [0.717, 1.165) is 30.8 Å². The van der Waals surface area contributed by atoms with Crippen molar-refractivity contribution in [2.24, 2.45) is 0 Å². The molecule has 4 rings (SSSR count). The number of piperidine rings is 1. The first-order valence-corrected chi connectivity index (χ1v) is 11.5. The second-order valence-corrected chi connectivity index (χ2v) is 8.39. The predicted molar refractivity (Wildman–Crippen MR) is 123 cm³/mol. The number of aryl methyl sites for hydroxylation is 1. The number of carbonyl (C=O) groups is 1. The molecule has 1 fully saturated rings. The van der Waals surface area contributed by atoms with E-state index >= 15 is 0 Å². The summed E-state index contributed by atoms with van der Waals surface area (Å²) in [5, 5.41) is 10.7. The van der Waals surface area contributed by atoms with Crippen LogP contribution in [0.4, 0.5) is 11.4 Å². The molecule has 6 nitrogen and oxygen atoms in total. The van der Waals surface area contributed by atoms with Crippen molar-refractivity contribution in [2.75, 3.05) is 29.1 Å². The number of amides is 1. The van der Waals surface area contributed by atoms with Gasteiger partial charge in [-0.05, 0) is 55.5 Å². The van der Waals surface area contributed by atoms with Crippen LogP contribution in [0.5, 0.6) is 0 Å². The standard InChI is InChI=1S/C23H27N5OS/c1-2-17-6-8-18(9-7-17)22-25-23(27-26-22)30-16-21(29)24-19-10-12-20(13-11-19)28-14-4-3-5-15-28/h6-13H,2-5,14-16H2,1H3,(H,24,29)(H,25,26,27). The Morgan fingerprint density at radius 3 is 2.50 bits per heavy atom. The first kappa shape index (κ1) is 20.5. The van der Waals surface area contributed by atoms with Crippen LogP contribution in [0.3, 0.4) is 0 Å². The lowest BCUT2D eigenvalue weighted by Gasteiger charge is -2.28. The Hall–Kier alpha value is -2.80. The van der Waals surface area contributed by atoms with Crippen molar-refractivity contribution in [1.82, 2.24) is 15.2 Å². The SMILES string of the molecule is CCc1ccc(-c2nc(SCC(=O)Nc3ccc(N4CCCCC4)cc3)n[nH]2)cc1. The van der Waals surface area contributed by atoms with Gasteiger partial charge in [-0.25, -0.2) is 4.98 Å². The summed E-state index contributed by atoms with van der Waals surface area (Å²) in [5.74, 6) is 0.915. The maximum atomic E-state index is 12.3. The lowest BCUT2D eigenvalue weighted by atomic mass is 10.1. The maximum Gasteiger partial charge on any atom is 0.234 e. The first-order valence-electron chi connectivity index (χ1n) is 10.5. The summed E-state index contributed by atoms with van der Waals surface area (Å²) < 4.78 is 0. The molecule has 0 atom stereocenters. The van der Waals surface area contributed by atoms with Crippen molar-refractivity contribution in [3.05, 3.63) is 54.1 Å². The zero-order valence-corrected chi connectivity index (χ0v) is 18.0. The number of nitrogens with one attached hydrogen (secondary N) is 2. The minimum atomic E-state index is -0.0654. The number of hydrogen-bond acceptors (Lipinski definition) is 5. The second kappa shape index (κ2) is 9.80. The number of nitrogens with zero attached hydrogens (tertiary/aromatic N) is 3. The van der Waals surface area contributed by atoms with Gasteiger partial charge in [0.05, 0.1) is 5.75 Å². The van der Waals surface area contributed by atoms with Gasteiger partial charge in [-0.2, -0.15) is 0 Å². The molecule has 1 aromatic heterocycles. The first-order chi connectivity index (χ1) is 14.7. The molecule has 1 aliphatic rings. The van der Waals surface area contributed by atoms with Crippen LogP contribution in [-0.4, -0.2) is 39.9 Å². The van der Waals surface area contributed by atoms with Crippen molar-refractivity contribution < 1.29 is 4.79 Å². The maximum absolute atomic E-state index is 12.3. The third-order valence-corrected chi connectivity index (χ3v) is 6.15. The van der Waals surface area contributed by atoms with Crippen molar-refractivity contribution in [3.8, 4) is 11.4 Å². The molecule has 0 spiro atoms. The summed E-state index contributed by atoms with van der Waals surface area (Å²) >= 11 is 1.32. The molecule has 0 aliphatic carbocycles. The van der Waals surface area contributed by atoms with Gasteiger partial charge < -0.3 is 10.2 Å². The van der Waals surface area contributed by atoms with E-state index in [0.29, 0.717) is 11.0 Å². The normalized spacial score (nSPS) is 14.0. The summed E-state index contributed by atoms with van der Waals surface area (Å²) in [6, 6.07) is 16.4. The Kier molecular flexibility index (Phi) is 6.69. The molecule has 2 N–H and O–H groups in total. The second-order valence-electron chi connectivity index (χ2n) is 7.45. The molecule has 2 aromatic carbocycles. The molecular formula is C23H27N5OS. The fourth-order valence-electron chi connectivity index (χ4n) is 3.57. The van der Waals surface area contributed by atoms with Crippen LogP contribution in [0.2, 0.25) is 0 Å². The summed E-state index contributed by atoms with van der Waals surface area (Å²) in [6.07, 6.45) is 4.83. The van der Waals surface area contributed by atoms with Crippen molar-refractivity contribution in [2.45, 2.75) is 37.8 Å². The summed E-state index contributed by atoms with van der Waals surface area (Å²) in [5.41, 5.74) is 4.31. The number of H-pyrrole nitrogens is 1. The fraction of sp³-hybridized carbons (Fsp3) is 0.348. The highest BCUT2D eigenvalue weighted by Gasteiger charge is 2.12. The van der Waals surface area contributed by atoms with Gasteiger partial charge in [0.1, 0.15) is 0 Å². The molecule has 30 heavy (non-hydrogen) atoms. The minimum absolute atomic E-state index is 0.0654. The van der Waals surface area contributed by atoms with Gasteiger partial charge >= 0.3 is 0 Å². The molecule has 3 aromatic rings. The molecule has 2 heterocycles. The van der Waals surface area contributed by atoms with E-state index in [1.165, 1.54) is 42.3 Å². The quantitative estimate of drug-likeness (QED) is 0.538. The van der Waals surface area contributed by atoms with Gasteiger partial charge in [0.2, 0.25) is 11.1 Å². The Morgan fingerprint density at radius 2 is 1.80 bits per heavy atom. The van der Waals surface area contributed by atoms with Crippen LogP contribution in [0.15, 0.2) is 53.7 Å². The number of aromatic amines is 1. The number of anilines is 2. The topological polar surface area (TPSA) is 73.9 Å². The monoisotopic (exact) mass is 421 g/mol. The van der Waals surface area contributed by atoms with E-state index in [4.69, 9.17) is 0 Å². The predicted octanol–water partition coefficient (Wildman–Crippen LogP) is 4.76. The third-order valence-electron chi connectivity index (χ3n) is 5.31. The minimum Gasteiger partial charge on any atom is -0.372 e. The number of thioether (sulfide) groups is 1. The van der Waals surface area contributed by atoms with Crippen LogP contribution >= 0.6 is 11.8 Å². The molecule has 0 saturated carbocycles. The van der Waals surface area contributed by atoms with E-state index in [-0.39, 0.29) is 11.7 Å². The molecule has 0 radical (unpaired) electrons. The lowest BCUT2D eigenvalue weighted by molar-refractivity contribution is -0.113. The van der Waals surface area contributed by atoms with Gasteiger partial charge in [0.15, 0.2) is 5.82 Å². The highest BCUT2D eigenvalue weighted by atomic mass is 32.2. The number of rotatable bonds is 7. The van der Waals surface area contributed by atoms with E-state index in [1.807, 2.05) is 24.3 Å². The largest absolute Gasteiger partial charge is 0.372 e. The zero-order chi connectivity index (χ0) is 20.8. The Labute approximate surface area is 181 Å². The number of benzene rings is 2. The molecule has 7 heteroatoms. The van der Waals surface area contributed by atoms with Crippen LogP contribution < -0.4 is 10.2 Å². The Morgan fingerprint density at radius 1 is 1.07 bits per heavy atom. The van der Waals surface area contributed by atoms with Gasteiger partial charge in [0, 0.05) is 30.0 Å². The van der Waals surface area contributed by atoms with Gasteiger partial charge in [-0.15, -0.1) is 5.10 Å². The number of hydrogen-bond donors (Lipinski definition) is 2. The molecule has 1 amide bonds. The molecule has 156 valence electrons. The number of aromatic nitrogens is 3. The molecule has 1 aliphatic heterocycles. The Balaban J connectivity index is 1.28. The fourth-order valence-corrected chi connectivity index (χ4v) is 4.17. The average molecular weight is 422 g/mol. The van der Waals surface area contributed by atoms with E-state index < -0.39 is 0 Å². The van der Waals surface area contributed by atoms with Crippen LogP contribution in [0.1, 0.15) is 31.7 Å². The third kappa shape index (κ3) is 5.21. The van der Waals surface area contributed by atoms with Crippen molar-refractivity contribution in [3.63, 3.8) is 0 Å². The number of carbonyl (C=O) groups excluding carboxylic acids is 1. The van der Waals surface area contributed by atoms with Crippen molar-refractivity contribution in [1.29, 1.82) is 0 Å². The zero-order valence-electron chi connectivity index (χ0n) is 17.2. The lowest BCUT2D eigenvalue weighted by Crippen LogP contribution is -2.29. The summed E-state index contributed by atoms with van der Waals surface area (Å²) in [4.78, 5) is 19.2. The summed E-state index contributed by atoms with van der Waals surface area (Å²) in [6.45, 7) is 4.36. The van der Waals surface area contributed by atoms with Crippen LogP contribution in [-0.2, 0) is 11.2 Å². The van der Waals surface area contributed by atoms with Crippen molar-refractivity contribution >= 4 is 29.0 Å². The van der Waals surface area contributed by atoms with Gasteiger partial charge in [-0.3, -0.25) is 9.89 Å². The van der Waals surface area contributed by atoms with Gasteiger partial charge in [-0.1, -0.05) is 43.0 Å². The highest BCUT2D eigenvalue weighted by molar-refractivity contribution is 7.99. The molecule has 0 unspecified atom stereocenters. The van der Waals surface area contributed by atoms with Crippen LogP contribution in [0.25, 0.3) is 11.4 Å². The highest BCUT2D eigenvalue weighted by Crippen LogP contribution is 2.23. The van der Waals surface area contributed by atoms with E-state index in [1.54, 1.807) is 0 Å². The van der Waals surface area contributed by atoms with Crippen LogP contribution in [0, 0.1) is 0 Å². The summed E-state index contributed by atoms with van der Waals surface area (Å²) in [7, 11) is 0. The van der Waals surface area contributed by atoms with E-state index in [2.05, 4.69) is 56.6 Å². The van der Waals surface area contributed by atoms with E-state index in [9.17, 15) is 4.79 Å².